The lowest BCUT2D eigenvalue weighted by atomic mass is 10.3. The molecule has 0 aliphatic carbocycles. The normalized spacial score (nSPS) is 11.0. The van der Waals surface area contributed by atoms with E-state index in [0.717, 1.165) is 21.8 Å². The first kappa shape index (κ1) is 17.1. The molecule has 4 nitrogen and oxygen atoms in total. The average molecular weight is 380 g/mol. The Kier molecular flexibility index (Phi) is 5.33. The van der Waals surface area contributed by atoms with Gasteiger partial charge in [0.1, 0.15) is 5.82 Å². The van der Waals surface area contributed by atoms with Crippen LogP contribution in [0, 0.1) is 0 Å². The second-order valence-electron chi connectivity index (χ2n) is 5.22. The maximum absolute atomic E-state index is 12.1. The molecule has 1 heterocycles. The number of rotatable bonds is 5. The Labute approximate surface area is 154 Å². The molecule has 0 bridgehead atoms. The standard InChI is InChI=1S/C17H15Cl2N3OS/c1-22-14-5-3-2-4-13(14)21-16(22)9-20-17(23)10-24-15-8-11(18)6-7-12(15)19/h2-8H,9-10H2,1H3,(H,20,23). The summed E-state index contributed by atoms with van der Waals surface area (Å²) in [6.45, 7) is 0.383. The summed E-state index contributed by atoms with van der Waals surface area (Å²) in [6, 6.07) is 13.1. The zero-order chi connectivity index (χ0) is 17.1. The number of thioether (sulfide) groups is 1. The topological polar surface area (TPSA) is 46.9 Å². The van der Waals surface area contributed by atoms with Gasteiger partial charge in [-0.05, 0) is 30.3 Å². The highest BCUT2D eigenvalue weighted by Gasteiger charge is 2.10. The van der Waals surface area contributed by atoms with Gasteiger partial charge in [0, 0.05) is 17.0 Å². The number of aryl methyl sites for hydroxylation is 1. The summed E-state index contributed by atoms with van der Waals surface area (Å²) < 4.78 is 1.98. The number of hydrogen-bond donors (Lipinski definition) is 1. The van der Waals surface area contributed by atoms with Crippen LogP contribution in [-0.4, -0.2) is 21.2 Å². The minimum atomic E-state index is -0.0805. The molecule has 0 saturated heterocycles. The predicted octanol–water partition coefficient (Wildman–Crippen LogP) is 4.29. The summed E-state index contributed by atoms with van der Waals surface area (Å²) in [7, 11) is 1.94. The lowest BCUT2D eigenvalue weighted by Gasteiger charge is -2.07. The number of carbonyl (C=O) groups is 1. The lowest BCUT2D eigenvalue weighted by Crippen LogP contribution is -2.26. The van der Waals surface area contributed by atoms with Crippen LogP contribution in [0.4, 0.5) is 0 Å². The van der Waals surface area contributed by atoms with E-state index in [0.29, 0.717) is 16.6 Å². The average Bonchev–Trinajstić information content (AvgIpc) is 2.90. The molecule has 0 radical (unpaired) electrons. The van der Waals surface area contributed by atoms with E-state index in [1.807, 2.05) is 35.9 Å². The van der Waals surface area contributed by atoms with Crippen LogP contribution in [0.15, 0.2) is 47.4 Å². The molecular weight excluding hydrogens is 365 g/mol. The Morgan fingerprint density at radius 2 is 2.04 bits per heavy atom. The van der Waals surface area contributed by atoms with Gasteiger partial charge in [0.15, 0.2) is 0 Å². The van der Waals surface area contributed by atoms with Gasteiger partial charge in [0.05, 0.1) is 28.4 Å². The first-order valence-corrected chi connectivity index (χ1v) is 9.03. The van der Waals surface area contributed by atoms with E-state index < -0.39 is 0 Å². The van der Waals surface area contributed by atoms with Crippen molar-refractivity contribution in [2.45, 2.75) is 11.4 Å². The van der Waals surface area contributed by atoms with Crippen molar-refractivity contribution in [3.8, 4) is 0 Å². The van der Waals surface area contributed by atoms with Crippen LogP contribution in [0.1, 0.15) is 5.82 Å². The van der Waals surface area contributed by atoms with Crippen LogP contribution < -0.4 is 5.32 Å². The van der Waals surface area contributed by atoms with Crippen LogP contribution >= 0.6 is 35.0 Å². The van der Waals surface area contributed by atoms with Gasteiger partial charge in [-0.15, -0.1) is 11.8 Å². The zero-order valence-corrected chi connectivity index (χ0v) is 15.3. The third-order valence-corrected chi connectivity index (χ3v) is 5.31. The number of para-hydroxylation sites is 2. The van der Waals surface area contributed by atoms with E-state index >= 15 is 0 Å². The Balaban J connectivity index is 1.59. The number of fused-ring (bicyclic) bond motifs is 1. The second-order valence-corrected chi connectivity index (χ2v) is 7.08. The molecule has 0 unspecified atom stereocenters. The molecule has 0 saturated carbocycles. The van der Waals surface area contributed by atoms with Crippen LogP contribution in [0.5, 0.6) is 0 Å². The maximum atomic E-state index is 12.1. The highest BCUT2D eigenvalue weighted by molar-refractivity contribution is 8.00. The first-order chi connectivity index (χ1) is 11.5. The van der Waals surface area contributed by atoms with Crippen molar-refractivity contribution in [3.05, 3.63) is 58.3 Å². The molecule has 0 aliphatic heterocycles. The van der Waals surface area contributed by atoms with Crippen molar-refractivity contribution in [1.82, 2.24) is 14.9 Å². The van der Waals surface area contributed by atoms with E-state index in [1.165, 1.54) is 11.8 Å². The first-order valence-electron chi connectivity index (χ1n) is 7.29. The van der Waals surface area contributed by atoms with Gasteiger partial charge in [0.25, 0.3) is 0 Å². The minimum Gasteiger partial charge on any atom is -0.348 e. The van der Waals surface area contributed by atoms with Gasteiger partial charge < -0.3 is 9.88 Å². The van der Waals surface area contributed by atoms with Crippen molar-refractivity contribution in [2.75, 3.05) is 5.75 Å². The predicted molar refractivity (Wildman–Crippen MR) is 99.7 cm³/mol. The van der Waals surface area contributed by atoms with E-state index in [2.05, 4.69) is 10.3 Å². The molecule has 124 valence electrons. The Bertz CT molecular complexity index is 895. The van der Waals surface area contributed by atoms with Crippen LogP contribution in [0.3, 0.4) is 0 Å². The summed E-state index contributed by atoms with van der Waals surface area (Å²) in [5, 5.41) is 4.08. The van der Waals surface area contributed by atoms with Gasteiger partial charge in [-0.1, -0.05) is 35.3 Å². The fourth-order valence-electron chi connectivity index (χ4n) is 2.31. The highest BCUT2D eigenvalue weighted by Crippen LogP contribution is 2.29. The van der Waals surface area contributed by atoms with Crippen molar-refractivity contribution in [3.63, 3.8) is 0 Å². The molecule has 3 rings (SSSR count). The summed E-state index contributed by atoms with van der Waals surface area (Å²) in [4.78, 5) is 17.4. The van der Waals surface area contributed by atoms with Crippen molar-refractivity contribution < 1.29 is 4.79 Å². The Morgan fingerprint density at radius 1 is 1.25 bits per heavy atom. The summed E-state index contributed by atoms with van der Waals surface area (Å²) >= 11 is 13.4. The van der Waals surface area contributed by atoms with E-state index in [-0.39, 0.29) is 11.7 Å². The quantitative estimate of drug-likeness (QED) is 0.672. The Morgan fingerprint density at radius 3 is 2.83 bits per heavy atom. The van der Waals surface area contributed by atoms with Crippen LogP contribution in [-0.2, 0) is 18.4 Å². The second kappa shape index (κ2) is 7.47. The molecule has 1 N–H and O–H groups in total. The highest BCUT2D eigenvalue weighted by atomic mass is 35.5. The number of benzene rings is 2. The molecule has 0 atom stereocenters. The van der Waals surface area contributed by atoms with Crippen LogP contribution in [0.25, 0.3) is 11.0 Å². The fraction of sp³-hybridized carbons (Fsp3) is 0.176. The molecule has 0 fully saturated rings. The van der Waals surface area contributed by atoms with Crippen molar-refractivity contribution in [1.29, 1.82) is 0 Å². The molecule has 2 aromatic carbocycles. The summed E-state index contributed by atoms with van der Waals surface area (Å²) in [6.07, 6.45) is 0. The van der Waals surface area contributed by atoms with Gasteiger partial charge in [-0.2, -0.15) is 0 Å². The zero-order valence-electron chi connectivity index (χ0n) is 12.9. The number of carbonyl (C=O) groups excluding carboxylic acids is 1. The summed E-state index contributed by atoms with van der Waals surface area (Å²) in [5.41, 5.74) is 1.96. The van der Waals surface area contributed by atoms with Crippen molar-refractivity contribution >= 4 is 51.9 Å². The molecule has 0 spiro atoms. The number of amides is 1. The number of nitrogens with zero attached hydrogens (tertiary/aromatic N) is 2. The van der Waals surface area contributed by atoms with E-state index in [9.17, 15) is 4.79 Å². The molecule has 1 amide bonds. The number of hydrogen-bond acceptors (Lipinski definition) is 3. The third-order valence-electron chi connectivity index (χ3n) is 3.58. The van der Waals surface area contributed by atoms with Gasteiger partial charge in [0.2, 0.25) is 5.91 Å². The Hall–Kier alpha value is -1.69. The van der Waals surface area contributed by atoms with Crippen molar-refractivity contribution in [2.24, 2.45) is 7.05 Å². The third kappa shape index (κ3) is 3.86. The number of halogens is 2. The van der Waals surface area contributed by atoms with E-state index in [4.69, 9.17) is 23.2 Å². The maximum Gasteiger partial charge on any atom is 0.230 e. The number of imidazole rings is 1. The molecule has 1 aromatic heterocycles. The molecule has 24 heavy (non-hydrogen) atoms. The van der Waals surface area contributed by atoms with E-state index in [1.54, 1.807) is 18.2 Å². The fourth-order valence-corrected chi connectivity index (χ4v) is 3.64. The SMILES string of the molecule is Cn1c(CNC(=O)CSc2cc(Cl)ccc2Cl)nc2ccccc21. The minimum absolute atomic E-state index is 0.0805. The van der Waals surface area contributed by atoms with Gasteiger partial charge >= 0.3 is 0 Å². The summed E-state index contributed by atoms with van der Waals surface area (Å²) in [5.74, 6) is 1.00. The molecular formula is C17H15Cl2N3OS. The molecule has 7 heteroatoms. The lowest BCUT2D eigenvalue weighted by molar-refractivity contribution is -0.118. The van der Waals surface area contributed by atoms with Gasteiger partial charge in [-0.3, -0.25) is 4.79 Å². The molecule has 0 aliphatic rings. The smallest absolute Gasteiger partial charge is 0.230 e. The number of aromatic nitrogens is 2. The van der Waals surface area contributed by atoms with Gasteiger partial charge in [-0.25, -0.2) is 4.98 Å². The molecule has 3 aromatic rings. The largest absolute Gasteiger partial charge is 0.348 e. The monoisotopic (exact) mass is 379 g/mol. The van der Waals surface area contributed by atoms with Crippen LogP contribution in [0.2, 0.25) is 10.0 Å². The number of nitrogens with one attached hydrogen (secondary N) is 1.